The minimum atomic E-state index is -2.49. The van der Waals surface area contributed by atoms with Crippen molar-refractivity contribution in [2.45, 2.75) is 222 Å². The van der Waals surface area contributed by atoms with Crippen LogP contribution in [0.25, 0.3) is 21.8 Å². The van der Waals surface area contributed by atoms with Gasteiger partial charge in [-0.3, -0.25) is 95.9 Å². The summed E-state index contributed by atoms with van der Waals surface area (Å²) in [6.45, 7) is 0.965. The van der Waals surface area contributed by atoms with Gasteiger partial charge in [-0.05, 0) is 80.8 Å². The van der Waals surface area contributed by atoms with Gasteiger partial charge in [0.05, 0.1) is 51.8 Å². The number of aromatic nitrogens is 2. The molecule has 2 aromatic heterocycles. The second-order valence-corrected chi connectivity index (χ2v) is 30.7. The van der Waals surface area contributed by atoms with Crippen molar-refractivity contribution in [2.24, 2.45) is 11.7 Å². The van der Waals surface area contributed by atoms with Gasteiger partial charge in [0.15, 0.2) is 5.78 Å². The normalized spacial score (nSPS) is 20.2. The first-order chi connectivity index (χ1) is 60.7. The number of cyclic esters (lactones) is 1. The molecule has 694 valence electrons. The molecule has 45 nitrogen and oxygen atoms in total. The van der Waals surface area contributed by atoms with E-state index in [1.54, 1.807) is 42.7 Å². The van der Waals surface area contributed by atoms with Crippen molar-refractivity contribution in [2.75, 3.05) is 32.0 Å². The third kappa shape index (κ3) is 33.6. The van der Waals surface area contributed by atoms with E-state index >= 15 is 9.59 Å². The Kier molecular flexibility index (Phi) is 40.9. The number of anilines is 1. The number of H-pyrrole nitrogens is 2. The minimum absolute atomic E-state index is 0.0295. The van der Waals surface area contributed by atoms with E-state index in [1.165, 1.54) is 24.3 Å². The summed E-state index contributed by atoms with van der Waals surface area (Å²) in [5, 5.41) is 83.0. The van der Waals surface area contributed by atoms with Gasteiger partial charge in [0.1, 0.15) is 72.6 Å². The predicted molar refractivity (Wildman–Crippen MR) is 451 cm³/mol. The van der Waals surface area contributed by atoms with Gasteiger partial charge in [-0.1, -0.05) is 101 Å². The Morgan fingerprint density at radius 1 is 0.500 bits per heavy atom. The van der Waals surface area contributed by atoms with Gasteiger partial charge in [-0.15, -0.1) is 0 Å². The number of carboxylic acid groups (broad SMARTS) is 4. The summed E-state index contributed by atoms with van der Waals surface area (Å²) in [5.41, 5.74) is 14.0. The predicted octanol–water partition coefficient (Wildman–Crippen LogP) is -3.35. The van der Waals surface area contributed by atoms with Crippen molar-refractivity contribution in [3.63, 3.8) is 0 Å². The Morgan fingerprint density at radius 2 is 1.02 bits per heavy atom. The number of hydrogen-bond acceptors (Lipinski definition) is 24. The summed E-state index contributed by atoms with van der Waals surface area (Å²) in [7, 11) is 0. The number of ketones is 1. The number of carboxylic acids is 4. The zero-order chi connectivity index (χ0) is 94.4. The Labute approximate surface area is 731 Å². The van der Waals surface area contributed by atoms with Crippen molar-refractivity contribution >= 4 is 152 Å². The number of benzene rings is 3. The molecular weight excluding hydrogens is 1680 g/mol. The molecule has 0 saturated carbocycles. The molecule has 1 aliphatic rings. The van der Waals surface area contributed by atoms with E-state index in [2.05, 4.69) is 75.4 Å². The molecule has 0 radical (unpaired) electrons. The van der Waals surface area contributed by atoms with Crippen molar-refractivity contribution in [3.8, 4) is 0 Å². The van der Waals surface area contributed by atoms with Crippen LogP contribution in [0.5, 0.6) is 0 Å². The molecule has 15 amide bonds. The zero-order valence-electron chi connectivity index (χ0n) is 70.7. The van der Waals surface area contributed by atoms with Crippen molar-refractivity contribution in [1.29, 1.82) is 0 Å². The number of fused-ring (bicyclic) bond motifs is 2. The first-order valence-corrected chi connectivity index (χ1v) is 41.3. The summed E-state index contributed by atoms with van der Waals surface area (Å²) >= 11 is 0. The number of Topliss-reactive ketones (excluding diaryl/α,β-unsaturated/α-hetero) is 1. The van der Waals surface area contributed by atoms with E-state index in [0.29, 0.717) is 29.3 Å². The lowest BCUT2D eigenvalue weighted by atomic mass is 9.96. The summed E-state index contributed by atoms with van der Waals surface area (Å²) in [6, 6.07) is -3.72. The summed E-state index contributed by atoms with van der Waals surface area (Å²) in [5.74, 6) is -30.6. The molecule has 1 aliphatic heterocycles. The Morgan fingerprint density at radius 3 is 1.62 bits per heavy atom. The molecule has 3 aromatic carbocycles. The topological polar surface area (TPSA) is 721 Å². The quantitative estimate of drug-likeness (QED) is 0.00791. The number of ether oxygens (including phenoxy) is 1. The molecule has 1 fully saturated rings. The SMILES string of the molecule is CCCCCCCCCC(=O)N[C@@H](Cc1c[nH]c2ccccc12)C(=O)N[C@@H](CC(N)=O)C(=O)N[C@@H](CC(=O)O)C(=O)N[C@@H]1C(=O)NCC(=O)N[C@@H](CCCNC(=O)CCc2c[nH]c3ccccc23)C(=O)N[C@@H](CC(=O)O)C(=O)N[C@H](C)C(=O)N[C@@H](CC(=O)O)C(=O)NCC(=O)N[C@H](CO)C(=O)N[C@@H]([C@H](C)CC(=O)O)C(=O)N[C@@H](CC(=O)c2ccccc2N)C(=O)O[C@@H]1C. The first kappa shape index (κ1) is 102. The molecule has 0 aliphatic carbocycles. The van der Waals surface area contributed by atoms with Crippen molar-refractivity contribution in [3.05, 3.63) is 102 Å². The number of esters is 1. The number of amides is 15. The number of unbranched alkanes of at least 4 members (excludes halogenated alkanes) is 6. The average Bonchev–Trinajstić information content (AvgIpc) is 1.67. The molecule has 128 heavy (non-hydrogen) atoms. The van der Waals surface area contributed by atoms with E-state index in [0.717, 1.165) is 69.3 Å². The Hall–Kier alpha value is -14.4. The molecular formula is C83H110N18O27. The van der Waals surface area contributed by atoms with Crippen LogP contribution in [-0.2, 0) is 113 Å². The number of hydrogen-bond donors (Lipinski definition) is 23. The van der Waals surface area contributed by atoms with Crippen LogP contribution in [-0.4, -0.2) is 259 Å². The molecule has 0 unspecified atom stereocenters. The number of aromatic amines is 2. The van der Waals surface area contributed by atoms with Crippen LogP contribution < -0.4 is 85.9 Å². The second kappa shape index (κ2) is 51.1. The maximum absolute atomic E-state index is 15.0. The highest BCUT2D eigenvalue weighted by molar-refractivity contribution is 6.05. The molecule has 0 spiro atoms. The molecule has 25 N–H and O–H groups in total. The first-order valence-electron chi connectivity index (χ1n) is 41.3. The van der Waals surface area contributed by atoms with Gasteiger partial charge in [-0.25, -0.2) is 4.79 Å². The number of para-hydroxylation sites is 3. The average molecular weight is 1790 g/mol. The molecule has 13 atom stereocenters. The van der Waals surface area contributed by atoms with Gasteiger partial charge in [0.25, 0.3) is 0 Å². The third-order valence-corrected chi connectivity index (χ3v) is 20.5. The van der Waals surface area contributed by atoms with Crippen LogP contribution in [0.4, 0.5) is 5.69 Å². The number of carbonyl (C=O) groups excluding carboxylic acids is 17. The highest BCUT2D eigenvalue weighted by Gasteiger charge is 2.41. The fourth-order valence-electron chi connectivity index (χ4n) is 13.6. The van der Waals surface area contributed by atoms with Crippen molar-refractivity contribution < 1.29 is 131 Å². The number of aliphatic hydroxyl groups excluding tert-OH is 1. The minimum Gasteiger partial charge on any atom is -0.481 e. The van der Waals surface area contributed by atoms with Crippen LogP contribution in [0, 0.1) is 5.92 Å². The monoisotopic (exact) mass is 1790 g/mol. The summed E-state index contributed by atoms with van der Waals surface area (Å²) in [4.78, 5) is 296. The van der Waals surface area contributed by atoms with E-state index in [1.807, 2.05) is 34.1 Å². The third-order valence-electron chi connectivity index (χ3n) is 20.5. The summed E-state index contributed by atoms with van der Waals surface area (Å²) in [6.07, 6.45) is -0.885. The van der Waals surface area contributed by atoms with E-state index in [9.17, 15) is 117 Å². The van der Waals surface area contributed by atoms with Gasteiger partial charge in [-0.2, -0.15) is 0 Å². The number of carbonyl (C=O) groups is 21. The van der Waals surface area contributed by atoms with Gasteiger partial charge >= 0.3 is 29.8 Å². The lowest BCUT2D eigenvalue weighted by molar-refractivity contribution is -0.156. The number of aryl methyl sites for hydroxylation is 1. The summed E-state index contributed by atoms with van der Waals surface area (Å²) < 4.78 is 5.74. The maximum atomic E-state index is 15.0. The van der Waals surface area contributed by atoms with E-state index in [4.69, 9.17) is 16.2 Å². The molecule has 0 bridgehead atoms. The van der Waals surface area contributed by atoms with Gasteiger partial charge in [0.2, 0.25) is 88.6 Å². The molecule has 1 saturated heterocycles. The number of aliphatic carboxylic acids is 4. The van der Waals surface area contributed by atoms with Crippen LogP contribution in [0.3, 0.4) is 0 Å². The fraction of sp³-hybridized carbons (Fsp3) is 0.482. The molecule has 6 rings (SSSR count). The number of nitrogens with two attached hydrogens (primary N) is 2. The standard InChI is InChI=1S/C83H110N18O27/c1-5-6-7-8-9-10-11-26-64(106)93-54(31-46-38-88-52-24-17-14-20-48(46)52)77(121)96-55(33-62(85)104)78(122)98-58(36-70(115)116)79(123)101-72-44(4)128-83(127)59(32-61(103)49-21-12-15-22-50(49)84)99-82(126)71(42(2)30-67(109)110)100-80(124)60(41-102)94-66(108)39-89-74(118)56(34-68(111)112)95-73(117)43(3)91-76(120)57(35-69(113)114)97-75(119)53(92-65(107)40-90-81(72)125)25-18-29-86-63(105)28-27-45-37-87-51-23-16-13-19-47(45)51/h12-17,19-24,37-38,42-44,53-60,71-72,87-88,102H,5-11,18,25-36,39-41,84H2,1-4H3,(H2,85,104)(H,86,105)(H,89,118)(H,90,125)(H,91,120)(H,92,107)(H,93,106)(H,94,108)(H,95,117)(H,96,121)(H,97,119)(H,98,122)(H,99,126)(H,100,124)(H,101,123)(H,109,110)(H,111,112)(H,113,114)(H,115,116)/t42-,43-,44-,53+,54+,55+,56+,57+,58+,59+,60-,71+,72+/m1/s1. The van der Waals surface area contributed by atoms with Crippen LogP contribution in [0.1, 0.15) is 158 Å². The maximum Gasteiger partial charge on any atom is 0.329 e. The Balaban J connectivity index is 1.42. The molecule has 3 heterocycles. The number of aliphatic hydroxyl groups is 1. The largest absolute Gasteiger partial charge is 0.481 e. The van der Waals surface area contributed by atoms with Crippen molar-refractivity contribution in [1.82, 2.24) is 84.4 Å². The van der Waals surface area contributed by atoms with Crippen LogP contribution in [0.15, 0.2) is 85.2 Å². The van der Waals surface area contributed by atoms with Crippen LogP contribution in [0.2, 0.25) is 0 Å². The highest BCUT2D eigenvalue weighted by atomic mass is 16.5. The molecule has 45 heteroatoms. The van der Waals surface area contributed by atoms with E-state index < -0.39 is 267 Å². The number of rotatable bonds is 39. The van der Waals surface area contributed by atoms with Crippen LogP contribution >= 0.6 is 0 Å². The second-order valence-electron chi connectivity index (χ2n) is 30.7. The lowest BCUT2D eigenvalue weighted by Crippen LogP contribution is -2.62. The number of nitrogen functional groups attached to an aromatic ring is 1. The Bertz CT molecular complexity index is 4880. The highest BCUT2D eigenvalue weighted by Crippen LogP contribution is 2.23. The van der Waals surface area contributed by atoms with E-state index in [-0.39, 0.29) is 49.9 Å². The van der Waals surface area contributed by atoms with Gasteiger partial charge in [0, 0.05) is 77.7 Å². The zero-order valence-corrected chi connectivity index (χ0v) is 70.7. The van der Waals surface area contributed by atoms with Gasteiger partial charge < -0.3 is 126 Å². The molecule has 5 aromatic rings. The lowest BCUT2D eigenvalue weighted by Gasteiger charge is -2.30. The smallest absolute Gasteiger partial charge is 0.329 e. The number of nitrogens with one attached hydrogen (secondary N) is 16. The number of primary amides is 1. The fourth-order valence-corrected chi connectivity index (χ4v) is 13.6.